The van der Waals surface area contributed by atoms with E-state index in [1.165, 1.54) is 0 Å². The molecule has 0 aromatic rings. The molecule has 0 aromatic carbocycles. The third kappa shape index (κ3) is 5.20. The lowest BCUT2D eigenvalue weighted by Gasteiger charge is -2.43. The molecule has 0 unspecified atom stereocenters. The predicted octanol–water partition coefficient (Wildman–Crippen LogP) is 4.83. The summed E-state index contributed by atoms with van der Waals surface area (Å²) in [6.45, 7) is 19.4. The minimum absolute atomic E-state index is 0.283. The normalized spacial score (nSPS) is 16.4. The summed E-state index contributed by atoms with van der Waals surface area (Å²) < 4.78 is 6.58. The van der Waals surface area contributed by atoms with Crippen molar-refractivity contribution in [1.82, 2.24) is 0 Å². The van der Waals surface area contributed by atoms with E-state index in [1.54, 1.807) is 0 Å². The molecule has 0 aliphatic carbocycles. The molecule has 116 valence electrons. The van der Waals surface area contributed by atoms with E-state index in [4.69, 9.17) is 9.53 Å². The van der Waals surface area contributed by atoms with Gasteiger partial charge in [-0.2, -0.15) is 0 Å². The molecule has 0 aromatic heterocycles. The average molecular weight is 289 g/mol. The van der Waals surface area contributed by atoms with Crippen LogP contribution in [0.15, 0.2) is 0 Å². The van der Waals surface area contributed by atoms with Crippen molar-refractivity contribution in [2.45, 2.75) is 78.4 Å². The van der Waals surface area contributed by atoms with Crippen LogP contribution in [-0.4, -0.2) is 26.6 Å². The molecule has 2 nitrogen and oxygen atoms in total. The third-order valence-electron chi connectivity index (χ3n) is 4.44. The van der Waals surface area contributed by atoms with Crippen molar-refractivity contribution < 1.29 is 9.53 Å². The van der Waals surface area contributed by atoms with Gasteiger partial charge in [0.2, 0.25) is 0 Å². The second-order valence-electron chi connectivity index (χ2n) is 7.26. The fraction of sp³-hybridized carbons (Fsp3) is 1.00. The van der Waals surface area contributed by atoms with Crippen LogP contribution >= 0.6 is 0 Å². The molecule has 2 atom stereocenters. The molecule has 0 amide bonds. The Balaban J connectivity index is 4.67. The zero-order valence-corrected chi connectivity index (χ0v) is 15.4. The highest BCUT2D eigenvalue weighted by atomic mass is 28.4. The molecule has 0 aliphatic rings. The number of hydrogen-bond donors (Lipinski definition) is 1. The Bertz CT molecular complexity index is 217. The Hall–Kier alpha value is 0.137. The minimum atomic E-state index is -1.71. The SMILES string of the molecule is CC(C)[Si](OC[C@H](C)C[C@H](C)CO)(C(C)C)C(C)C. The Morgan fingerprint density at radius 2 is 1.21 bits per heavy atom. The molecule has 0 saturated carbocycles. The van der Waals surface area contributed by atoms with Gasteiger partial charge in [0.25, 0.3) is 0 Å². The van der Waals surface area contributed by atoms with Crippen LogP contribution in [0.2, 0.25) is 16.6 Å². The van der Waals surface area contributed by atoms with E-state index in [0.29, 0.717) is 28.5 Å². The van der Waals surface area contributed by atoms with Crippen LogP contribution in [0.4, 0.5) is 0 Å². The predicted molar refractivity (Wildman–Crippen MR) is 87.0 cm³/mol. The molecule has 0 radical (unpaired) electrons. The Kier molecular flexibility index (Phi) is 8.49. The van der Waals surface area contributed by atoms with Crippen LogP contribution in [-0.2, 0) is 4.43 Å². The minimum Gasteiger partial charge on any atom is -0.416 e. The van der Waals surface area contributed by atoms with Gasteiger partial charge in [-0.1, -0.05) is 55.4 Å². The highest BCUT2D eigenvalue weighted by Crippen LogP contribution is 2.42. The van der Waals surface area contributed by atoms with Gasteiger partial charge in [-0.25, -0.2) is 0 Å². The van der Waals surface area contributed by atoms with Crippen LogP contribution in [0.5, 0.6) is 0 Å². The molecular weight excluding hydrogens is 252 g/mol. The maximum atomic E-state index is 9.14. The quantitative estimate of drug-likeness (QED) is 0.616. The van der Waals surface area contributed by atoms with Gasteiger partial charge < -0.3 is 9.53 Å². The Labute approximate surface area is 122 Å². The first-order valence-corrected chi connectivity index (χ1v) is 10.1. The molecule has 0 aliphatic heterocycles. The summed E-state index contributed by atoms with van der Waals surface area (Å²) in [6.07, 6.45) is 1.05. The molecular formula is C16H36O2Si. The first-order valence-electron chi connectivity index (χ1n) is 7.93. The van der Waals surface area contributed by atoms with Crippen molar-refractivity contribution in [1.29, 1.82) is 0 Å². The monoisotopic (exact) mass is 288 g/mol. The number of aliphatic hydroxyl groups is 1. The van der Waals surface area contributed by atoms with Crippen LogP contribution in [0.1, 0.15) is 61.8 Å². The molecule has 0 bridgehead atoms. The van der Waals surface area contributed by atoms with Crippen LogP contribution in [0.3, 0.4) is 0 Å². The fourth-order valence-electron chi connectivity index (χ4n) is 3.62. The first kappa shape index (κ1) is 19.1. The maximum Gasteiger partial charge on any atom is 0.200 e. The summed E-state index contributed by atoms with van der Waals surface area (Å²) in [6, 6.07) is 0. The highest BCUT2D eigenvalue weighted by molar-refractivity contribution is 6.77. The van der Waals surface area contributed by atoms with Crippen molar-refractivity contribution in [3.8, 4) is 0 Å². The Morgan fingerprint density at radius 3 is 1.53 bits per heavy atom. The van der Waals surface area contributed by atoms with E-state index in [2.05, 4.69) is 55.4 Å². The van der Waals surface area contributed by atoms with Crippen molar-refractivity contribution in [2.75, 3.05) is 13.2 Å². The summed E-state index contributed by atoms with van der Waals surface area (Å²) in [5, 5.41) is 9.14. The molecule has 19 heavy (non-hydrogen) atoms. The summed E-state index contributed by atoms with van der Waals surface area (Å²) in [5.41, 5.74) is 1.94. The summed E-state index contributed by atoms with van der Waals surface area (Å²) in [5.74, 6) is 0.914. The lowest BCUT2D eigenvalue weighted by molar-refractivity contribution is 0.176. The molecule has 0 spiro atoms. The summed E-state index contributed by atoms with van der Waals surface area (Å²) in [7, 11) is -1.71. The highest BCUT2D eigenvalue weighted by Gasteiger charge is 2.45. The van der Waals surface area contributed by atoms with Gasteiger partial charge in [-0.3, -0.25) is 0 Å². The second-order valence-corrected chi connectivity index (χ2v) is 12.7. The number of rotatable bonds is 9. The van der Waals surface area contributed by atoms with Gasteiger partial charge in [0.1, 0.15) is 0 Å². The smallest absolute Gasteiger partial charge is 0.200 e. The van der Waals surface area contributed by atoms with Gasteiger partial charge in [-0.15, -0.1) is 0 Å². The maximum absolute atomic E-state index is 9.14. The topological polar surface area (TPSA) is 29.5 Å². The molecule has 0 fully saturated rings. The molecule has 0 rings (SSSR count). The Morgan fingerprint density at radius 1 is 0.789 bits per heavy atom. The zero-order chi connectivity index (χ0) is 15.2. The summed E-state index contributed by atoms with van der Waals surface area (Å²) >= 11 is 0. The van der Waals surface area contributed by atoms with E-state index in [1.807, 2.05) is 0 Å². The second kappa shape index (κ2) is 8.43. The van der Waals surface area contributed by atoms with E-state index < -0.39 is 8.32 Å². The lowest BCUT2D eigenvalue weighted by atomic mass is 9.99. The van der Waals surface area contributed by atoms with Crippen molar-refractivity contribution in [2.24, 2.45) is 11.8 Å². The molecule has 3 heteroatoms. The van der Waals surface area contributed by atoms with Crippen LogP contribution in [0, 0.1) is 11.8 Å². The van der Waals surface area contributed by atoms with E-state index >= 15 is 0 Å². The molecule has 0 saturated heterocycles. The van der Waals surface area contributed by atoms with Gasteiger partial charge >= 0.3 is 0 Å². The molecule has 1 N–H and O–H groups in total. The lowest BCUT2D eigenvalue weighted by Crippen LogP contribution is -2.48. The van der Waals surface area contributed by atoms with Crippen molar-refractivity contribution in [3.63, 3.8) is 0 Å². The van der Waals surface area contributed by atoms with Gasteiger partial charge in [0, 0.05) is 13.2 Å². The number of aliphatic hydroxyl groups excluding tert-OH is 1. The van der Waals surface area contributed by atoms with E-state index in [9.17, 15) is 0 Å². The summed E-state index contributed by atoms with van der Waals surface area (Å²) in [4.78, 5) is 0. The van der Waals surface area contributed by atoms with Crippen LogP contribution < -0.4 is 0 Å². The van der Waals surface area contributed by atoms with Crippen molar-refractivity contribution in [3.05, 3.63) is 0 Å². The van der Waals surface area contributed by atoms with Gasteiger partial charge in [0.05, 0.1) is 0 Å². The third-order valence-corrected chi connectivity index (χ3v) is 10.5. The standard InChI is InChI=1S/C16H36O2Si/c1-12(2)19(13(3)4,14(5)6)18-11-16(8)9-15(7)10-17/h12-17H,9-11H2,1-8H3/t15-,16+/m0/s1. The van der Waals surface area contributed by atoms with E-state index in [0.717, 1.165) is 13.0 Å². The fourth-order valence-corrected chi connectivity index (χ4v) is 9.19. The first-order chi connectivity index (χ1) is 8.68. The average Bonchev–Trinajstić information content (AvgIpc) is 2.27. The van der Waals surface area contributed by atoms with E-state index in [-0.39, 0.29) is 6.61 Å². The van der Waals surface area contributed by atoms with Crippen LogP contribution in [0.25, 0.3) is 0 Å². The molecule has 0 heterocycles. The largest absolute Gasteiger partial charge is 0.416 e. The van der Waals surface area contributed by atoms with Gasteiger partial charge in [0.15, 0.2) is 8.32 Å². The zero-order valence-electron chi connectivity index (χ0n) is 14.4. The van der Waals surface area contributed by atoms with Crippen molar-refractivity contribution >= 4 is 8.32 Å². The van der Waals surface area contributed by atoms with Gasteiger partial charge in [-0.05, 0) is 34.9 Å². The number of hydrogen-bond acceptors (Lipinski definition) is 2.